The lowest BCUT2D eigenvalue weighted by Gasteiger charge is -2.20. The lowest BCUT2D eigenvalue weighted by molar-refractivity contribution is -0.156. The topological polar surface area (TPSA) is 97.6 Å². The van der Waals surface area contributed by atoms with Crippen molar-refractivity contribution in [2.45, 2.75) is 91.9 Å². The van der Waals surface area contributed by atoms with Gasteiger partial charge in [0, 0.05) is 42.5 Å². The number of carbonyl (C=O) groups excluding carboxylic acids is 3. The average Bonchev–Trinajstić information content (AvgIpc) is 3.39. The molecular weight excluding hydrogens is 607 g/mol. The molecule has 0 aliphatic heterocycles. The van der Waals surface area contributed by atoms with Gasteiger partial charge in [-0.15, -0.1) is 0 Å². The van der Waals surface area contributed by atoms with Crippen LogP contribution in [0.2, 0.25) is 0 Å². The molecular formula is C40H51FN2O5. The van der Waals surface area contributed by atoms with Crippen LogP contribution in [0.5, 0.6) is 0 Å². The van der Waals surface area contributed by atoms with Crippen LogP contribution in [0.25, 0.3) is 22.4 Å². The van der Waals surface area contributed by atoms with Gasteiger partial charge in [0.25, 0.3) is 0 Å². The quantitative estimate of drug-likeness (QED) is 0.0895. The fourth-order valence-electron chi connectivity index (χ4n) is 5.29. The van der Waals surface area contributed by atoms with Crippen molar-refractivity contribution in [2.24, 2.45) is 0 Å². The molecule has 48 heavy (non-hydrogen) atoms. The molecule has 0 aliphatic rings. The summed E-state index contributed by atoms with van der Waals surface area (Å²) in [5.41, 5.74) is 4.87. The first-order valence-electron chi connectivity index (χ1n) is 16.5. The van der Waals surface area contributed by atoms with Crippen LogP contribution in [-0.2, 0) is 20.9 Å². The zero-order valence-electron chi connectivity index (χ0n) is 29.5. The minimum absolute atomic E-state index is 0.0298. The number of aldehydes is 1. The first-order valence-corrected chi connectivity index (χ1v) is 16.5. The third-order valence-corrected chi connectivity index (χ3v) is 7.16. The van der Waals surface area contributed by atoms with Crippen molar-refractivity contribution in [1.29, 1.82) is 0 Å². The second-order valence-electron chi connectivity index (χ2n) is 12.4. The van der Waals surface area contributed by atoms with Crippen LogP contribution >= 0.6 is 0 Å². The van der Waals surface area contributed by atoms with E-state index in [9.17, 15) is 23.9 Å². The number of hydrogen-bond acceptors (Lipinski definition) is 6. The van der Waals surface area contributed by atoms with E-state index in [1.165, 1.54) is 12.1 Å². The van der Waals surface area contributed by atoms with Crippen molar-refractivity contribution in [1.82, 2.24) is 4.57 Å². The van der Waals surface area contributed by atoms with Gasteiger partial charge in [-0.1, -0.05) is 76.2 Å². The Bertz CT molecular complexity index is 1570. The predicted molar refractivity (Wildman–Crippen MR) is 193 cm³/mol. The summed E-state index contributed by atoms with van der Waals surface area (Å²) < 4.78 is 21.0. The molecule has 8 heteroatoms. The zero-order valence-corrected chi connectivity index (χ0v) is 29.5. The number of aliphatic hydroxyl groups is 1. The molecule has 1 heterocycles. The first kappa shape index (κ1) is 39.6. The molecule has 2 N–H and O–H groups in total. The first-order chi connectivity index (χ1) is 22.8. The smallest absolute Gasteiger partial charge is 0.313 e. The number of nitrogens with one attached hydrogen (secondary N) is 1. The number of halogens is 1. The van der Waals surface area contributed by atoms with E-state index in [1.807, 2.05) is 100.0 Å². The van der Waals surface area contributed by atoms with Gasteiger partial charge in [-0.2, -0.15) is 0 Å². The highest BCUT2D eigenvalue weighted by molar-refractivity contribution is 5.97. The molecule has 4 rings (SSSR count). The fourth-order valence-corrected chi connectivity index (χ4v) is 5.29. The van der Waals surface area contributed by atoms with Gasteiger partial charge in [0.1, 0.15) is 23.6 Å². The van der Waals surface area contributed by atoms with Gasteiger partial charge in [0.05, 0.1) is 11.8 Å². The Balaban J connectivity index is 0.000000690. The number of para-hydroxylation sites is 1. The minimum Gasteiger partial charge on any atom is -0.460 e. The summed E-state index contributed by atoms with van der Waals surface area (Å²) in [6, 6.07) is 25.7. The summed E-state index contributed by atoms with van der Waals surface area (Å²) in [5, 5.41) is 13.7. The van der Waals surface area contributed by atoms with Gasteiger partial charge in [0.2, 0.25) is 0 Å². The number of hydrogen-bond donors (Lipinski definition) is 2. The van der Waals surface area contributed by atoms with E-state index in [2.05, 4.69) is 5.32 Å². The van der Waals surface area contributed by atoms with Gasteiger partial charge in [-0.05, 0) is 80.6 Å². The van der Waals surface area contributed by atoms with E-state index in [4.69, 9.17) is 4.74 Å². The Labute approximate surface area is 285 Å². The fraction of sp³-hybridized carbons (Fsp3) is 0.375. The average molecular weight is 659 g/mol. The molecule has 0 amide bonds. The Hall–Kier alpha value is -4.56. The van der Waals surface area contributed by atoms with Gasteiger partial charge >= 0.3 is 5.97 Å². The second kappa shape index (κ2) is 19.3. The maximum absolute atomic E-state index is 13.8. The van der Waals surface area contributed by atoms with E-state index in [-0.39, 0.29) is 24.6 Å². The monoisotopic (exact) mass is 658 g/mol. The summed E-state index contributed by atoms with van der Waals surface area (Å²) in [7, 11) is 1.91. The minimum atomic E-state index is -0.992. The number of benzene rings is 3. The number of nitrogens with zero attached hydrogens (tertiary/aromatic N) is 1. The van der Waals surface area contributed by atoms with Crippen molar-refractivity contribution < 1.29 is 28.6 Å². The maximum Gasteiger partial charge on any atom is 0.313 e. The van der Waals surface area contributed by atoms with Crippen molar-refractivity contribution in [2.75, 3.05) is 12.4 Å². The number of rotatable bonds is 12. The number of anilines is 1. The Morgan fingerprint density at radius 2 is 1.48 bits per heavy atom. The van der Waals surface area contributed by atoms with Crippen molar-refractivity contribution >= 4 is 23.7 Å². The molecule has 0 saturated heterocycles. The lowest BCUT2D eigenvalue weighted by Crippen LogP contribution is -2.26. The van der Waals surface area contributed by atoms with Crippen LogP contribution in [0.1, 0.15) is 89.7 Å². The molecule has 0 bridgehead atoms. The highest BCUT2D eigenvalue weighted by atomic mass is 19.1. The molecule has 0 fully saturated rings. The van der Waals surface area contributed by atoms with Crippen LogP contribution < -0.4 is 5.32 Å². The van der Waals surface area contributed by atoms with Crippen LogP contribution in [0.4, 0.5) is 10.1 Å². The number of ether oxygens (including phenoxy) is 1. The number of aliphatic hydroxyl groups excluding tert-OH is 1. The van der Waals surface area contributed by atoms with Crippen molar-refractivity contribution in [3.05, 3.63) is 102 Å². The molecule has 7 nitrogen and oxygen atoms in total. The van der Waals surface area contributed by atoms with Crippen LogP contribution in [0, 0.1) is 5.82 Å². The summed E-state index contributed by atoms with van der Waals surface area (Å²) in [6.45, 7) is 13.5. The van der Waals surface area contributed by atoms with Crippen LogP contribution in [-0.4, -0.2) is 46.5 Å². The molecule has 0 saturated carbocycles. The summed E-state index contributed by atoms with van der Waals surface area (Å²) in [6.07, 6.45) is -0.510. The van der Waals surface area contributed by atoms with Gasteiger partial charge in [0.15, 0.2) is 6.29 Å². The lowest BCUT2D eigenvalue weighted by atomic mass is 9.96. The highest BCUT2D eigenvalue weighted by Gasteiger charge is 2.27. The van der Waals surface area contributed by atoms with Gasteiger partial charge < -0.3 is 19.7 Å². The predicted octanol–water partition coefficient (Wildman–Crippen LogP) is 9.09. The number of Topliss-reactive ketones (excluding diaryl/α,β-unsaturated/α-hetero) is 1. The van der Waals surface area contributed by atoms with E-state index >= 15 is 0 Å². The Morgan fingerprint density at radius 3 is 1.96 bits per heavy atom. The van der Waals surface area contributed by atoms with Crippen molar-refractivity contribution in [3.63, 3.8) is 0 Å². The van der Waals surface area contributed by atoms with Gasteiger partial charge in [-0.3, -0.25) is 14.4 Å². The molecule has 1 atom stereocenters. The summed E-state index contributed by atoms with van der Waals surface area (Å²) in [4.78, 5) is 36.8. The van der Waals surface area contributed by atoms with Crippen LogP contribution in [0.3, 0.4) is 0 Å². The number of ketones is 1. The molecule has 0 aliphatic carbocycles. The van der Waals surface area contributed by atoms with Crippen LogP contribution in [0.15, 0.2) is 84.9 Å². The molecule has 1 unspecified atom stereocenters. The second-order valence-corrected chi connectivity index (χ2v) is 12.4. The maximum atomic E-state index is 13.8. The zero-order chi connectivity index (χ0) is 35.9. The summed E-state index contributed by atoms with van der Waals surface area (Å²) in [5.74, 6) is -1.42. The number of aromatic nitrogens is 1. The Morgan fingerprint density at radius 1 is 0.917 bits per heavy atom. The highest BCUT2D eigenvalue weighted by Crippen LogP contribution is 2.41. The molecule has 0 spiro atoms. The van der Waals surface area contributed by atoms with Gasteiger partial charge in [-0.25, -0.2) is 4.39 Å². The van der Waals surface area contributed by atoms with E-state index in [0.29, 0.717) is 12.1 Å². The number of esters is 1. The largest absolute Gasteiger partial charge is 0.460 e. The summed E-state index contributed by atoms with van der Waals surface area (Å²) >= 11 is 0. The Kier molecular flexibility index (Phi) is 15.9. The van der Waals surface area contributed by atoms with E-state index in [1.54, 1.807) is 32.9 Å². The van der Waals surface area contributed by atoms with E-state index in [0.717, 1.165) is 40.1 Å². The third kappa shape index (κ3) is 11.9. The standard InChI is InChI=1S/C31H36FNO5.C7H9N.C2H6/c1-20(2)29-26(19-34)28(21-9-7-6-8-10-21)30(22-11-13-23(32)14-12-22)33(29)16-15-24(35)17-25(36)18-27(37)38-31(3,4)5;1-8-7-5-3-2-4-6-7;1-2/h6-14,19-20,24,35H,15-18H2,1-5H3;2-6,8H,1H3;1-2H3. The SMILES string of the molecule is CC.CC(C)c1c(C=O)c(-c2ccccc2)c(-c2ccc(F)cc2)n1CCC(O)CC(=O)CC(=O)OC(C)(C)C.CNc1ccccc1. The molecule has 1 aromatic heterocycles. The molecule has 0 radical (unpaired) electrons. The third-order valence-electron chi connectivity index (χ3n) is 7.16. The number of carbonyl (C=O) groups is 3. The molecule has 258 valence electrons. The van der Waals surface area contributed by atoms with Crippen molar-refractivity contribution in [3.8, 4) is 22.4 Å². The molecule has 3 aromatic carbocycles. The normalized spacial score (nSPS) is 11.4. The molecule has 4 aromatic rings. The van der Waals surface area contributed by atoms with E-state index < -0.39 is 29.9 Å².